The third-order valence-electron chi connectivity index (χ3n) is 2.55. The highest BCUT2D eigenvalue weighted by Gasteiger charge is 2.26. The molecule has 0 saturated carbocycles. The number of aromatic nitrogens is 1. The second kappa shape index (κ2) is 5.21. The second-order valence-corrected chi connectivity index (χ2v) is 4.57. The lowest BCUT2D eigenvalue weighted by molar-refractivity contribution is -0.127. The molecule has 1 amide bonds. The van der Waals surface area contributed by atoms with E-state index in [0.29, 0.717) is 13.0 Å². The molecule has 86 valence electrons. The van der Waals surface area contributed by atoms with Gasteiger partial charge in [-0.2, -0.15) is 12.6 Å². The summed E-state index contributed by atoms with van der Waals surface area (Å²) in [6.45, 7) is 2.20. The Hall–Kier alpha value is -1.23. The highest BCUT2D eigenvalue weighted by molar-refractivity contribution is 7.81. The number of nitrogens with one attached hydrogen (secondary N) is 1. The zero-order valence-corrected chi connectivity index (χ0v) is 9.86. The maximum Gasteiger partial charge on any atom is 0.223 e. The molecular formula is C11H15N3OS. The van der Waals surface area contributed by atoms with E-state index in [4.69, 9.17) is 0 Å². The number of pyridine rings is 1. The molecule has 0 spiro atoms. The van der Waals surface area contributed by atoms with E-state index in [-0.39, 0.29) is 11.2 Å². The number of nitrogens with zero attached hydrogens (tertiary/aromatic N) is 2. The van der Waals surface area contributed by atoms with Crippen LogP contribution in [0, 0.1) is 0 Å². The van der Waals surface area contributed by atoms with Crippen LogP contribution < -0.4 is 5.32 Å². The molecule has 1 aliphatic rings. The number of rotatable bonds is 4. The predicted octanol–water partition coefficient (Wildman–Crippen LogP) is 1.02. The van der Waals surface area contributed by atoms with Crippen molar-refractivity contribution in [3.63, 3.8) is 0 Å². The summed E-state index contributed by atoms with van der Waals surface area (Å²) in [4.78, 5) is 17.4. The first-order valence-corrected chi connectivity index (χ1v) is 5.88. The number of thiol groups is 1. The van der Waals surface area contributed by atoms with Crippen LogP contribution in [0.15, 0.2) is 24.4 Å². The quantitative estimate of drug-likeness (QED) is 0.769. The predicted molar refractivity (Wildman–Crippen MR) is 66.7 cm³/mol. The number of amides is 1. The minimum absolute atomic E-state index is 0.197. The molecule has 1 aliphatic heterocycles. The van der Waals surface area contributed by atoms with Crippen LogP contribution in [0.4, 0.5) is 5.82 Å². The van der Waals surface area contributed by atoms with E-state index in [1.807, 2.05) is 23.1 Å². The summed E-state index contributed by atoms with van der Waals surface area (Å²) in [5.74, 6) is 1.04. The fourth-order valence-electron chi connectivity index (χ4n) is 1.75. The van der Waals surface area contributed by atoms with E-state index in [2.05, 4.69) is 22.9 Å². The van der Waals surface area contributed by atoms with Crippen molar-refractivity contribution in [2.24, 2.45) is 0 Å². The zero-order chi connectivity index (χ0) is 11.4. The first-order chi connectivity index (χ1) is 7.75. The van der Waals surface area contributed by atoms with E-state index >= 15 is 0 Å². The van der Waals surface area contributed by atoms with Crippen molar-refractivity contribution >= 4 is 24.4 Å². The molecule has 2 rings (SSSR count). The topological polar surface area (TPSA) is 45.2 Å². The maximum atomic E-state index is 11.5. The van der Waals surface area contributed by atoms with Crippen molar-refractivity contribution in [1.82, 2.24) is 9.88 Å². The molecule has 16 heavy (non-hydrogen) atoms. The molecule has 1 aromatic rings. The van der Waals surface area contributed by atoms with Gasteiger partial charge in [0.1, 0.15) is 5.82 Å². The molecule has 0 aromatic carbocycles. The molecule has 5 heteroatoms. The Kier molecular flexibility index (Phi) is 3.66. The first-order valence-electron chi connectivity index (χ1n) is 5.36. The van der Waals surface area contributed by atoms with Gasteiger partial charge >= 0.3 is 0 Å². The summed E-state index contributed by atoms with van der Waals surface area (Å²) in [6.07, 6.45) is 2.31. The fraction of sp³-hybridized carbons (Fsp3) is 0.455. The lowest BCUT2D eigenvalue weighted by Crippen LogP contribution is -2.30. The zero-order valence-electron chi connectivity index (χ0n) is 8.97. The molecule has 2 heterocycles. The molecule has 1 aromatic heterocycles. The van der Waals surface area contributed by atoms with Gasteiger partial charge in [-0.25, -0.2) is 4.98 Å². The summed E-state index contributed by atoms with van der Waals surface area (Å²) >= 11 is 4.31. The van der Waals surface area contributed by atoms with E-state index < -0.39 is 0 Å². The number of likely N-dealkylation sites (tertiary alicyclic amines) is 1. The number of hydrogen-bond acceptors (Lipinski definition) is 4. The Bertz CT molecular complexity index is 358. The Morgan fingerprint density at radius 1 is 1.56 bits per heavy atom. The van der Waals surface area contributed by atoms with Gasteiger partial charge in [-0.05, 0) is 12.1 Å². The normalized spacial score (nSPS) is 20.2. The average Bonchev–Trinajstić information content (AvgIpc) is 2.59. The van der Waals surface area contributed by atoms with Crippen LogP contribution in [0.3, 0.4) is 0 Å². The van der Waals surface area contributed by atoms with Crippen LogP contribution in [-0.2, 0) is 4.79 Å². The van der Waals surface area contributed by atoms with Crippen molar-refractivity contribution in [2.45, 2.75) is 11.7 Å². The Morgan fingerprint density at radius 2 is 2.44 bits per heavy atom. The van der Waals surface area contributed by atoms with Crippen molar-refractivity contribution in [2.75, 3.05) is 25.0 Å². The highest BCUT2D eigenvalue weighted by atomic mass is 32.1. The fourth-order valence-corrected chi connectivity index (χ4v) is 2.11. The van der Waals surface area contributed by atoms with E-state index in [9.17, 15) is 4.79 Å². The number of carbonyl (C=O) groups is 1. The van der Waals surface area contributed by atoms with Crippen LogP contribution >= 0.6 is 12.6 Å². The minimum atomic E-state index is 0.197. The largest absolute Gasteiger partial charge is 0.368 e. The van der Waals surface area contributed by atoms with Crippen molar-refractivity contribution in [3.8, 4) is 0 Å². The molecule has 1 saturated heterocycles. The average molecular weight is 237 g/mol. The molecule has 1 unspecified atom stereocenters. The molecule has 0 radical (unpaired) electrons. The summed E-state index contributed by atoms with van der Waals surface area (Å²) in [7, 11) is 0. The van der Waals surface area contributed by atoms with E-state index in [0.717, 1.165) is 18.9 Å². The number of carbonyl (C=O) groups excluding carboxylic acids is 1. The number of hydrogen-bond donors (Lipinski definition) is 2. The molecule has 0 bridgehead atoms. The van der Waals surface area contributed by atoms with E-state index in [1.165, 1.54) is 0 Å². The van der Waals surface area contributed by atoms with Gasteiger partial charge in [-0.3, -0.25) is 4.79 Å². The van der Waals surface area contributed by atoms with Gasteiger partial charge < -0.3 is 10.2 Å². The Balaban J connectivity index is 1.74. The Morgan fingerprint density at radius 3 is 3.06 bits per heavy atom. The van der Waals surface area contributed by atoms with Crippen LogP contribution in [0.5, 0.6) is 0 Å². The monoisotopic (exact) mass is 237 g/mol. The lowest BCUT2D eigenvalue weighted by atomic mass is 10.4. The van der Waals surface area contributed by atoms with Crippen LogP contribution in [-0.4, -0.2) is 40.7 Å². The van der Waals surface area contributed by atoms with Crippen molar-refractivity contribution in [1.29, 1.82) is 0 Å². The smallest absolute Gasteiger partial charge is 0.223 e. The summed E-state index contributed by atoms with van der Waals surface area (Å²) in [5.41, 5.74) is 0. The first kappa shape index (κ1) is 11.3. The third kappa shape index (κ3) is 2.88. The second-order valence-electron chi connectivity index (χ2n) is 3.84. The van der Waals surface area contributed by atoms with Gasteiger partial charge in [-0.1, -0.05) is 6.07 Å². The van der Waals surface area contributed by atoms with E-state index in [1.54, 1.807) is 6.20 Å². The summed E-state index contributed by atoms with van der Waals surface area (Å²) < 4.78 is 0. The summed E-state index contributed by atoms with van der Waals surface area (Å²) in [5, 5.41) is 3.37. The molecule has 4 nitrogen and oxygen atoms in total. The Labute approximate surface area is 100 Å². The summed E-state index contributed by atoms with van der Waals surface area (Å²) in [6, 6.07) is 5.72. The third-order valence-corrected chi connectivity index (χ3v) is 2.89. The van der Waals surface area contributed by atoms with Gasteiger partial charge in [0.2, 0.25) is 5.91 Å². The van der Waals surface area contributed by atoms with Crippen LogP contribution in [0.2, 0.25) is 0 Å². The van der Waals surface area contributed by atoms with Crippen LogP contribution in [0.1, 0.15) is 6.42 Å². The van der Waals surface area contributed by atoms with Gasteiger partial charge in [0, 0.05) is 37.5 Å². The minimum Gasteiger partial charge on any atom is -0.368 e. The SMILES string of the molecule is O=C1CC(S)CN1CCNc1ccccn1. The van der Waals surface area contributed by atoms with Gasteiger partial charge in [0.15, 0.2) is 0 Å². The standard InChI is InChI=1S/C11H15N3OS/c15-11-7-9(16)8-14(11)6-5-13-10-3-1-2-4-12-10/h1-4,9,16H,5-8H2,(H,12,13). The molecule has 1 atom stereocenters. The van der Waals surface area contributed by atoms with Crippen molar-refractivity contribution < 1.29 is 4.79 Å². The maximum absolute atomic E-state index is 11.5. The van der Waals surface area contributed by atoms with Crippen LogP contribution in [0.25, 0.3) is 0 Å². The molecular weight excluding hydrogens is 222 g/mol. The highest BCUT2D eigenvalue weighted by Crippen LogP contribution is 2.15. The molecule has 0 aliphatic carbocycles. The van der Waals surface area contributed by atoms with Crippen molar-refractivity contribution in [3.05, 3.63) is 24.4 Å². The molecule has 1 fully saturated rings. The number of anilines is 1. The van der Waals surface area contributed by atoms with Gasteiger partial charge in [0.05, 0.1) is 0 Å². The van der Waals surface area contributed by atoms with Gasteiger partial charge in [0.25, 0.3) is 0 Å². The van der Waals surface area contributed by atoms with Gasteiger partial charge in [-0.15, -0.1) is 0 Å². The molecule has 1 N–H and O–H groups in total. The lowest BCUT2D eigenvalue weighted by Gasteiger charge is -2.16.